The van der Waals surface area contributed by atoms with Crippen LogP contribution in [-0.4, -0.2) is 36.7 Å². The van der Waals surface area contributed by atoms with Crippen molar-refractivity contribution in [3.8, 4) is 11.3 Å². The zero-order chi connectivity index (χ0) is 16.5. The molecule has 1 aromatic carbocycles. The molecule has 1 saturated heterocycles. The van der Waals surface area contributed by atoms with Gasteiger partial charge in [-0.15, -0.1) is 11.3 Å². The lowest BCUT2D eigenvalue weighted by molar-refractivity contribution is -0.128. The minimum absolute atomic E-state index is 0.128. The van der Waals surface area contributed by atoms with Crippen molar-refractivity contribution in [1.82, 2.24) is 10.3 Å². The number of aromatic nitrogens is 1. The molecule has 1 aromatic heterocycles. The van der Waals surface area contributed by atoms with E-state index in [1.165, 1.54) is 35.3 Å². The Kier molecular flexibility index (Phi) is 4.35. The van der Waals surface area contributed by atoms with Crippen molar-refractivity contribution >= 4 is 22.4 Å². The summed E-state index contributed by atoms with van der Waals surface area (Å²) < 4.78 is 5.49. The normalized spacial score (nSPS) is 20.0. The van der Waals surface area contributed by atoms with Crippen LogP contribution in [0.3, 0.4) is 0 Å². The van der Waals surface area contributed by atoms with Crippen molar-refractivity contribution in [2.75, 3.05) is 25.0 Å². The number of morpholine rings is 1. The summed E-state index contributed by atoms with van der Waals surface area (Å²) in [6.45, 7) is 3.96. The first-order chi connectivity index (χ1) is 11.7. The van der Waals surface area contributed by atoms with Gasteiger partial charge in [-0.25, -0.2) is 4.98 Å². The number of thiazole rings is 1. The maximum atomic E-state index is 12.3. The van der Waals surface area contributed by atoms with Crippen LogP contribution < -0.4 is 10.6 Å². The van der Waals surface area contributed by atoms with Crippen LogP contribution in [0, 0.1) is 6.92 Å². The highest BCUT2D eigenvalue weighted by molar-refractivity contribution is 7.16. The average molecular weight is 343 g/mol. The Balaban J connectivity index is 1.53. The number of nitrogens with zero attached hydrogens (tertiary/aromatic N) is 1. The topological polar surface area (TPSA) is 63.2 Å². The van der Waals surface area contributed by atoms with E-state index in [1.807, 2.05) is 0 Å². The number of hydrogen-bond acceptors (Lipinski definition) is 5. The van der Waals surface area contributed by atoms with Crippen LogP contribution >= 0.6 is 11.3 Å². The van der Waals surface area contributed by atoms with Crippen molar-refractivity contribution in [3.05, 3.63) is 34.2 Å². The number of hydrogen-bond donors (Lipinski definition) is 2. The molecule has 1 aliphatic carbocycles. The van der Waals surface area contributed by atoms with Gasteiger partial charge in [0.25, 0.3) is 5.91 Å². The van der Waals surface area contributed by atoms with Crippen LogP contribution in [0.4, 0.5) is 5.13 Å². The summed E-state index contributed by atoms with van der Waals surface area (Å²) in [5.74, 6) is -0.128. The molecular weight excluding hydrogens is 322 g/mol. The Bertz CT molecular complexity index is 766. The smallest absolute Gasteiger partial charge is 0.256 e. The molecule has 6 heteroatoms. The van der Waals surface area contributed by atoms with Crippen molar-refractivity contribution in [3.63, 3.8) is 0 Å². The Morgan fingerprint density at radius 1 is 1.38 bits per heavy atom. The fraction of sp³-hybridized carbons (Fsp3) is 0.444. The molecule has 2 N–H and O–H groups in total. The number of aryl methyl sites for hydroxylation is 3. The molecule has 1 fully saturated rings. The maximum absolute atomic E-state index is 12.3. The molecule has 2 aromatic rings. The van der Waals surface area contributed by atoms with Gasteiger partial charge in [0.05, 0.1) is 12.3 Å². The van der Waals surface area contributed by atoms with E-state index in [2.05, 4.69) is 40.7 Å². The van der Waals surface area contributed by atoms with E-state index < -0.39 is 6.10 Å². The molecule has 1 unspecified atom stereocenters. The van der Waals surface area contributed by atoms with Crippen molar-refractivity contribution in [2.45, 2.75) is 32.3 Å². The molecule has 126 valence electrons. The number of anilines is 1. The lowest BCUT2D eigenvalue weighted by atomic mass is 10.0. The quantitative estimate of drug-likeness (QED) is 0.899. The number of nitrogens with one attached hydrogen (secondary N) is 2. The minimum atomic E-state index is -0.439. The van der Waals surface area contributed by atoms with Gasteiger partial charge in [0.15, 0.2) is 5.13 Å². The predicted molar refractivity (Wildman–Crippen MR) is 95.6 cm³/mol. The van der Waals surface area contributed by atoms with Crippen LogP contribution in [0.2, 0.25) is 0 Å². The monoisotopic (exact) mass is 343 g/mol. The largest absolute Gasteiger partial charge is 0.366 e. The second-order valence-corrected chi connectivity index (χ2v) is 7.52. The van der Waals surface area contributed by atoms with E-state index in [0.717, 1.165) is 29.1 Å². The third-order valence-corrected chi connectivity index (χ3v) is 5.50. The predicted octanol–water partition coefficient (Wildman–Crippen LogP) is 2.53. The van der Waals surface area contributed by atoms with Gasteiger partial charge in [0.2, 0.25) is 0 Å². The van der Waals surface area contributed by atoms with Crippen molar-refractivity contribution in [1.29, 1.82) is 0 Å². The fourth-order valence-electron chi connectivity index (χ4n) is 3.36. The molecule has 24 heavy (non-hydrogen) atoms. The minimum Gasteiger partial charge on any atom is -0.366 e. The number of ether oxygens (including phenoxy) is 1. The van der Waals surface area contributed by atoms with Crippen molar-refractivity contribution < 1.29 is 9.53 Å². The number of rotatable bonds is 3. The summed E-state index contributed by atoms with van der Waals surface area (Å²) in [7, 11) is 0. The van der Waals surface area contributed by atoms with Crippen LogP contribution in [0.15, 0.2) is 18.2 Å². The second-order valence-electron chi connectivity index (χ2n) is 6.31. The van der Waals surface area contributed by atoms with Gasteiger partial charge in [0.1, 0.15) is 6.10 Å². The van der Waals surface area contributed by atoms with Crippen molar-refractivity contribution in [2.24, 2.45) is 0 Å². The summed E-state index contributed by atoms with van der Waals surface area (Å²) in [5.41, 5.74) is 5.00. The number of amides is 1. The van der Waals surface area contributed by atoms with E-state index in [0.29, 0.717) is 18.3 Å². The molecule has 1 atom stereocenters. The molecule has 4 rings (SSSR count). The van der Waals surface area contributed by atoms with Gasteiger partial charge in [-0.1, -0.05) is 12.1 Å². The molecule has 2 aliphatic rings. The van der Waals surface area contributed by atoms with Crippen LogP contribution in [0.5, 0.6) is 0 Å². The van der Waals surface area contributed by atoms with Crippen LogP contribution in [0.1, 0.15) is 22.4 Å². The van der Waals surface area contributed by atoms with E-state index in [9.17, 15) is 4.79 Å². The van der Waals surface area contributed by atoms with Gasteiger partial charge in [-0.2, -0.15) is 0 Å². The standard InChI is InChI=1S/C18H21N3O2S/c1-11-16(14-6-5-12-3-2-4-13(12)9-14)20-18(24-11)21-17(22)15-10-19-7-8-23-15/h5-6,9,15,19H,2-4,7-8,10H2,1H3,(H,20,21,22). The van der Waals surface area contributed by atoms with Gasteiger partial charge in [-0.3, -0.25) is 10.1 Å². The highest BCUT2D eigenvalue weighted by Gasteiger charge is 2.23. The summed E-state index contributed by atoms with van der Waals surface area (Å²) in [6, 6.07) is 6.62. The SMILES string of the molecule is Cc1sc(NC(=O)C2CNCCO2)nc1-c1ccc2c(c1)CCC2. The van der Waals surface area contributed by atoms with E-state index in [4.69, 9.17) is 4.74 Å². The lowest BCUT2D eigenvalue weighted by Crippen LogP contribution is -2.45. The summed E-state index contributed by atoms with van der Waals surface area (Å²) in [6.07, 6.45) is 3.14. The zero-order valence-electron chi connectivity index (χ0n) is 13.7. The van der Waals surface area contributed by atoms with Gasteiger partial charge in [-0.05, 0) is 43.4 Å². The molecular formula is C18H21N3O2S. The van der Waals surface area contributed by atoms with E-state index in [1.54, 1.807) is 0 Å². The molecule has 0 spiro atoms. The van der Waals surface area contributed by atoms with Gasteiger partial charge in [0, 0.05) is 23.5 Å². The average Bonchev–Trinajstić information content (AvgIpc) is 3.21. The molecule has 0 radical (unpaired) electrons. The molecule has 2 heterocycles. The first-order valence-corrected chi connectivity index (χ1v) is 9.25. The molecule has 5 nitrogen and oxygen atoms in total. The van der Waals surface area contributed by atoms with Crippen LogP contribution in [-0.2, 0) is 22.4 Å². The van der Waals surface area contributed by atoms with Crippen LogP contribution in [0.25, 0.3) is 11.3 Å². The summed E-state index contributed by atoms with van der Waals surface area (Å²) in [4.78, 5) is 18.0. The number of carbonyl (C=O) groups is 1. The third-order valence-electron chi connectivity index (χ3n) is 4.62. The van der Waals surface area contributed by atoms with E-state index in [-0.39, 0.29) is 5.91 Å². The van der Waals surface area contributed by atoms with Gasteiger partial charge >= 0.3 is 0 Å². The second kappa shape index (κ2) is 6.63. The first kappa shape index (κ1) is 15.7. The van der Waals surface area contributed by atoms with E-state index >= 15 is 0 Å². The molecule has 0 bridgehead atoms. The molecule has 1 amide bonds. The number of fused-ring (bicyclic) bond motifs is 1. The number of benzene rings is 1. The number of carbonyl (C=O) groups excluding carboxylic acids is 1. The Morgan fingerprint density at radius 3 is 3.08 bits per heavy atom. The molecule has 0 saturated carbocycles. The Hall–Kier alpha value is -1.76. The lowest BCUT2D eigenvalue weighted by Gasteiger charge is -2.22. The Labute approximate surface area is 145 Å². The molecule has 1 aliphatic heterocycles. The fourth-order valence-corrected chi connectivity index (χ4v) is 4.20. The van der Waals surface area contributed by atoms with Gasteiger partial charge < -0.3 is 10.1 Å². The summed E-state index contributed by atoms with van der Waals surface area (Å²) >= 11 is 1.52. The first-order valence-electron chi connectivity index (χ1n) is 8.43. The summed E-state index contributed by atoms with van der Waals surface area (Å²) in [5, 5.41) is 6.70. The zero-order valence-corrected chi connectivity index (χ0v) is 14.5. The highest BCUT2D eigenvalue weighted by atomic mass is 32.1. The Morgan fingerprint density at radius 2 is 2.25 bits per heavy atom. The maximum Gasteiger partial charge on any atom is 0.256 e. The third kappa shape index (κ3) is 3.09. The highest BCUT2D eigenvalue weighted by Crippen LogP contribution is 2.33.